The summed E-state index contributed by atoms with van der Waals surface area (Å²) in [6.45, 7) is 2.60. The van der Waals surface area contributed by atoms with Crippen LogP contribution >= 0.6 is 0 Å². The lowest BCUT2D eigenvalue weighted by Crippen LogP contribution is -2.22. The fourth-order valence-corrected chi connectivity index (χ4v) is 2.41. The molecule has 2 aromatic rings. The minimum absolute atomic E-state index is 0.0366. The van der Waals surface area contributed by atoms with Crippen LogP contribution in [0.1, 0.15) is 37.8 Å². The average Bonchev–Trinajstić information content (AvgIpc) is 2.86. The molecule has 0 saturated heterocycles. The Morgan fingerprint density at radius 1 is 1.33 bits per heavy atom. The zero-order valence-electron chi connectivity index (χ0n) is 12.3. The van der Waals surface area contributed by atoms with Gasteiger partial charge in [0.15, 0.2) is 0 Å². The predicted molar refractivity (Wildman–Crippen MR) is 84.4 cm³/mol. The van der Waals surface area contributed by atoms with E-state index in [0.717, 1.165) is 24.8 Å². The Bertz CT molecular complexity index is 624. The largest absolute Gasteiger partial charge is 0.383 e. The number of benzene rings is 1. The number of unbranched alkanes of at least 4 members (excludes halogenated alkanes) is 1. The van der Waals surface area contributed by atoms with E-state index < -0.39 is 0 Å². The van der Waals surface area contributed by atoms with Gasteiger partial charge in [0.25, 0.3) is 0 Å². The highest BCUT2D eigenvalue weighted by molar-refractivity contribution is 5.72. The zero-order valence-corrected chi connectivity index (χ0v) is 12.3. The molecule has 0 aliphatic rings. The lowest BCUT2D eigenvalue weighted by atomic mass is 10.1. The fourth-order valence-electron chi connectivity index (χ4n) is 2.41. The van der Waals surface area contributed by atoms with Gasteiger partial charge in [0.2, 0.25) is 0 Å². The van der Waals surface area contributed by atoms with E-state index in [0.29, 0.717) is 23.6 Å². The Morgan fingerprint density at radius 3 is 2.62 bits per heavy atom. The van der Waals surface area contributed by atoms with E-state index in [1.165, 1.54) is 0 Å². The molecule has 4 N–H and O–H groups in total. The molecule has 0 amide bonds. The number of anilines is 1. The molecule has 5 nitrogen and oxygen atoms in total. The molecule has 1 aromatic carbocycles. The standard InChI is InChI=1S/C16H21N5/c1-2-3-9-13(10-17)21-16(19)14(11-18)15(20-21)12-7-5-4-6-8-12/h4-8,13H,2-3,9-10,17,19H2,1H3. The molecule has 1 unspecified atom stereocenters. The van der Waals surface area contributed by atoms with Gasteiger partial charge in [0.05, 0.1) is 6.04 Å². The third-order valence-electron chi connectivity index (χ3n) is 3.62. The van der Waals surface area contributed by atoms with Crippen LogP contribution in [-0.2, 0) is 0 Å². The van der Waals surface area contributed by atoms with Gasteiger partial charge >= 0.3 is 0 Å². The molecule has 1 atom stereocenters. The molecule has 0 saturated carbocycles. The van der Waals surface area contributed by atoms with Crippen molar-refractivity contribution in [1.29, 1.82) is 5.26 Å². The number of rotatable bonds is 6. The van der Waals surface area contributed by atoms with E-state index in [1.54, 1.807) is 4.68 Å². The van der Waals surface area contributed by atoms with Gasteiger partial charge in [-0.05, 0) is 6.42 Å². The van der Waals surface area contributed by atoms with Crippen molar-refractivity contribution in [3.63, 3.8) is 0 Å². The summed E-state index contributed by atoms with van der Waals surface area (Å²) in [6, 6.07) is 11.8. The predicted octanol–water partition coefficient (Wildman–Crippen LogP) is 2.69. The first-order chi connectivity index (χ1) is 10.2. The smallest absolute Gasteiger partial charge is 0.140 e. The maximum absolute atomic E-state index is 9.39. The summed E-state index contributed by atoms with van der Waals surface area (Å²) in [6.07, 6.45) is 3.07. The molecule has 0 aliphatic heterocycles. The Morgan fingerprint density at radius 2 is 2.05 bits per heavy atom. The highest BCUT2D eigenvalue weighted by atomic mass is 15.3. The minimum Gasteiger partial charge on any atom is -0.383 e. The van der Waals surface area contributed by atoms with E-state index in [-0.39, 0.29) is 6.04 Å². The molecule has 0 bridgehead atoms. The van der Waals surface area contributed by atoms with Crippen molar-refractivity contribution in [3.8, 4) is 17.3 Å². The lowest BCUT2D eigenvalue weighted by Gasteiger charge is -2.16. The van der Waals surface area contributed by atoms with Gasteiger partial charge in [-0.1, -0.05) is 50.1 Å². The van der Waals surface area contributed by atoms with Gasteiger partial charge in [0, 0.05) is 12.1 Å². The maximum atomic E-state index is 9.39. The van der Waals surface area contributed by atoms with Gasteiger partial charge in [-0.3, -0.25) is 0 Å². The maximum Gasteiger partial charge on any atom is 0.140 e. The molecule has 1 aromatic heterocycles. The first-order valence-electron chi connectivity index (χ1n) is 7.26. The number of nitriles is 1. The molecule has 0 fully saturated rings. The van der Waals surface area contributed by atoms with Crippen molar-refractivity contribution in [2.24, 2.45) is 5.73 Å². The van der Waals surface area contributed by atoms with Gasteiger partial charge in [-0.15, -0.1) is 0 Å². The van der Waals surface area contributed by atoms with Gasteiger partial charge in [0.1, 0.15) is 23.1 Å². The summed E-state index contributed by atoms with van der Waals surface area (Å²) < 4.78 is 1.72. The third-order valence-corrected chi connectivity index (χ3v) is 3.62. The van der Waals surface area contributed by atoms with Crippen LogP contribution in [0.15, 0.2) is 30.3 Å². The second-order valence-corrected chi connectivity index (χ2v) is 5.06. The van der Waals surface area contributed by atoms with Gasteiger partial charge in [-0.25, -0.2) is 4.68 Å². The highest BCUT2D eigenvalue weighted by Gasteiger charge is 2.21. The van der Waals surface area contributed by atoms with Crippen LogP contribution < -0.4 is 11.5 Å². The molecule has 21 heavy (non-hydrogen) atoms. The number of aromatic nitrogens is 2. The Labute approximate surface area is 125 Å². The number of hydrogen-bond donors (Lipinski definition) is 2. The summed E-state index contributed by atoms with van der Waals surface area (Å²) in [4.78, 5) is 0. The van der Waals surface area contributed by atoms with Crippen LogP contribution in [0.5, 0.6) is 0 Å². The molecule has 0 spiro atoms. The van der Waals surface area contributed by atoms with E-state index in [2.05, 4.69) is 18.1 Å². The topological polar surface area (TPSA) is 93.6 Å². The highest BCUT2D eigenvalue weighted by Crippen LogP contribution is 2.29. The quantitative estimate of drug-likeness (QED) is 0.852. The molecule has 110 valence electrons. The second-order valence-electron chi connectivity index (χ2n) is 5.06. The molecule has 1 heterocycles. The molecule has 0 radical (unpaired) electrons. The minimum atomic E-state index is 0.0366. The molecular formula is C16H21N5. The van der Waals surface area contributed by atoms with Crippen molar-refractivity contribution in [3.05, 3.63) is 35.9 Å². The number of nitrogen functional groups attached to an aromatic ring is 1. The van der Waals surface area contributed by atoms with Crippen molar-refractivity contribution in [1.82, 2.24) is 9.78 Å². The fraction of sp³-hybridized carbons (Fsp3) is 0.375. The Kier molecular flexibility index (Phi) is 4.96. The van der Waals surface area contributed by atoms with E-state index in [4.69, 9.17) is 11.5 Å². The van der Waals surface area contributed by atoms with Crippen LogP contribution in [0, 0.1) is 11.3 Å². The Hall–Kier alpha value is -2.32. The normalized spacial score (nSPS) is 12.0. The summed E-state index contributed by atoms with van der Waals surface area (Å²) in [5, 5.41) is 14.0. The molecule has 5 heteroatoms. The third kappa shape index (κ3) is 3.06. The number of nitrogens with zero attached hydrogens (tertiary/aromatic N) is 3. The first-order valence-corrected chi connectivity index (χ1v) is 7.26. The van der Waals surface area contributed by atoms with E-state index in [9.17, 15) is 5.26 Å². The SMILES string of the molecule is CCCCC(CN)n1nc(-c2ccccc2)c(C#N)c1N. The zero-order chi connectivity index (χ0) is 15.2. The van der Waals surface area contributed by atoms with Gasteiger partial charge in [-0.2, -0.15) is 10.4 Å². The van der Waals surface area contributed by atoms with Crippen LogP contribution in [0.3, 0.4) is 0 Å². The van der Waals surface area contributed by atoms with Crippen LogP contribution in [0.25, 0.3) is 11.3 Å². The summed E-state index contributed by atoms with van der Waals surface area (Å²) >= 11 is 0. The second kappa shape index (κ2) is 6.91. The monoisotopic (exact) mass is 283 g/mol. The number of nitrogens with two attached hydrogens (primary N) is 2. The Balaban J connectivity index is 2.45. The average molecular weight is 283 g/mol. The van der Waals surface area contributed by atoms with Crippen molar-refractivity contribution in [2.45, 2.75) is 32.2 Å². The van der Waals surface area contributed by atoms with E-state index >= 15 is 0 Å². The van der Waals surface area contributed by atoms with E-state index in [1.807, 2.05) is 30.3 Å². The van der Waals surface area contributed by atoms with Crippen molar-refractivity contribution < 1.29 is 0 Å². The van der Waals surface area contributed by atoms with Crippen LogP contribution in [-0.4, -0.2) is 16.3 Å². The summed E-state index contributed by atoms with van der Waals surface area (Å²) in [5.41, 5.74) is 13.9. The lowest BCUT2D eigenvalue weighted by molar-refractivity contribution is 0.426. The number of hydrogen-bond acceptors (Lipinski definition) is 4. The molecule has 0 aliphatic carbocycles. The molecule has 2 rings (SSSR count). The first kappa shape index (κ1) is 15.1. The van der Waals surface area contributed by atoms with Crippen LogP contribution in [0.4, 0.5) is 5.82 Å². The van der Waals surface area contributed by atoms with Crippen molar-refractivity contribution in [2.75, 3.05) is 12.3 Å². The summed E-state index contributed by atoms with van der Waals surface area (Å²) in [5.74, 6) is 0.405. The molecular weight excluding hydrogens is 262 g/mol. The summed E-state index contributed by atoms with van der Waals surface area (Å²) in [7, 11) is 0. The van der Waals surface area contributed by atoms with Crippen molar-refractivity contribution >= 4 is 5.82 Å². The van der Waals surface area contributed by atoms with Gasteiger partial charge < -0.3 is 11.5 Å². The van der Waals surface area contributed by atoms with Crippen LogP contribution in [0.2, 0.25) is 0 Å².